The minimum absolute atomic E-state index is 0.0730. The third-order valence-electron chi connectivity index (χ3n) is 5.08. The Balaban J connectivity index is 1.74. The van der Waals surface area contributed by atoms with Crippen LogP contribution >= 0.6 is 0 Å². The number of aromatic nitrogens is 3. The van der Waals surface area contributed by atoms with Gasteiger partial charge in [0, 0.05) is 5.56 Å². The summed E-state index contributed by atoms with van der Waals surface area (Å²) >= 11 is 0. The summed E-state index contributed by atoms with van der Waals surface area (Å²) in [5.74, 6) is 0. The maximum atomic E-state index is 12.9. The Kier molecular flexibility index (Phi) is 4.74. The van der Waals surface area contributed by atoms with Crippen LogP contribution in [0.2, 0.25) is 0 Å². The van der Waals surface area contributed by atoms with Crippen molar-refractivity contribution in [3.8, 4) is 11.3 Å². The zero-order valence-corrected chi connectivity index (χ0v) is 17.5. The molecule has 0 fully saturated rings. The quantitative estimate of drug-likeness (QED) is 0.622. The Hall–Kier alpha value is -2.99. The first-order valence-corrected chi connectivity index (χ1v) is 10.9. The van der Waals surface area contributed by atoms with Gasteiger partial charge in [-0.15, -0.1) is 9.19 Å². The van der Waals surface area contributed by atoms with Crippen LogP contribution < -0.4 is 0 Å². The van der Waals surface area contributed by atoms with Crippen LogP contribution in [0.1, 0.15) is 31.4 Å². The molecule has 0 spiro atoms. The molecule has 5 nitrogen and oxygen atoms in total. The SMILES string of the molecule is Cc1ccc(S(=O)(=O)n2cc(-c3ccccc3C3=CC=CC(C)(C)C3)nn2)cc1. The van der Waals surface area contributed by atoms with E-state index in [2.05, 4.69) is 42.4 Å². The highest BCUT2D eigenvalue weighted by atomic mass is 32.2. The van der Waals surface area contributed by atoms with Crippen molar-refractivity contribution in [2.45, 2.75) is 32.1 Å². The van der Waals surface area contributed by atoms with Crippen molar-refractivity contribution in [1.29, 1.82) is 0 Å². The molecule has 3 aromatic rings. The fourth-order valence-corrected chi connectivity index (χ4v) is 4.58. The molecule has 1 aromatic heterocycles. The number of allylic oxidation sites excluding steroid dienone is 4. The van der Waals surface area contributed by atoms with E-state index in [1.165, 1.54) is 11.8 Å². The van der Waals surface area contributed by atoms with Crippen LogP contribution in [0.15, 0.2) is 77.9 Å². The number of hydrogen-bond acceptors (Lipinski definition) is 4. The Bertz CT molecular complexity index is 1220. The monoisotopic (exact) mass is 405 g/mol. The average Bonchev–Trinajstić information content (AvgIpc) is 3.18. The van der Waals surface area contributed by atoms with Gasteiger partial charge in [0.05, 0.1) is 11.1 Å². The van der Waals surface area contributed by atoms with Gasteiger partial charge in [0.15, 0.2) is 0 Å². The summed E-state index contributed by atoms with van der Waals surface area (Å²) in [5.41, 5.74) is 4.72. The minimum atomic E-state index is -3.78. The summed E-state index contributed by atoms with van der Waals surface area (Å²) in [6.07, 6.45) is 8.77. The lowest BCUT2D eigenvalue weighted by atomic mass is 9.79. The van der Waals surface area contributed by atoms with E-state index in [1.807, 2.05) is 31.2 Å². The maximum Gasteiger partial charge on any atom is 0.284 e. The first-order valence-electron chi connectivity index (χ1n) is 9.49. The Morgan fingerprint density at radius 3 is 2.38 bits per heavy atom. The van der Waals surface area contributed by atoms with Gasteiger partial charge in [-0.2, -0.15) is 8.42 Å². The fraction of sp³-hybridized carbons (Fsp3) is 0.217. The molecular formula is C23H23N3O2S. The van der Waals surface area contributed by atoms with Crippen molar-refractivity contribution in [2.24, 2.45) is 5.41 Å². The third kappa shape index (κ3) is 3.80. The van der Waals surface area contributed by atoms with Crippen LogP contribution in [0, 0.1) is 12.3 Å². The molecule has 1 aliphatic rings. The lowest BCUT2D eigenvalue weighted by Crippen LogP contribution is -2.13. The topological polar surface area (TPSA) is 64.8 Å². The van der Waals surface area contributed by atoms with Crippen LogP contribution in [0.3, 0.4) is 0 Å². The van der Waals surface area contributed by atoms with E-state index in [-0.39, 0.29) is 10.3 Å². The number of aryl methyl sites for hydroxylation is 1. The summed E-state index contributed by atoms with van der Waals surface area (Å²) in [6.45, 7) is 6.31. The second-order valence-corrected chi connectivity index (χ2v) is 9.85. The van der Waals surface area contributed by atoms with Crippen LogP contribution in [-0.2, 0) is 10.0 Å². The van der Waals surface area contributed by atoms with E-state index >= 15 is 0 Å². The first kappa shape index (κ1) is 19.3. The lowest BCUT2D eigenvalue weighted by Gasteiger charge is -2.26. The molecule has 0 atom stereocenters. The molecule has 0 amide bonds. The maximum absolute atomic E-state index is 12.9. The highest BCUT2D eigenvalue weighted by Crippen LogP contribution is 2.38. The highest BCUT2D eigenvalue weighted by Gasteiger charge is 2.23. The van der Waals surface area contributed by atoms with Gasteiger partial charge < -0.3 is 0 Å². The number of hydrogen-bond donors (Lipinski definition) is 0. The van der Waals surface area contributed by atoms with Crippen molar-refractivity contribution in [3.05, 3.63) is 84.1 Å². The standard InChI is InChI=1S/C23H23N3O2S/c1-17-10-12-19(13-11-17)29(27,28)26-16-22(24-25-26)21-9-5-4-8-20(21)18-7-6-14-23(2,3)15-18/h4-14,16H,15H2,1-3H3. The Labute approximate surface area is 171 Å². The summed E-state index contributed by atoms with van der Waals surface area (Å²) in [7, 11) is -3.78. The van der Waals surface area contributed by atoms with E-state index in [4.69, 9.17) is 0 Å². The van der Waals surface area contributed by atoms with Crippen LogP contribution in [0.5, 0.6) is 0 Å². The average molecular weight is 406 g/mol. The van der Waals surface area contributed by atoms with Gasteiger partial charge in [-0.05, 0) is 42.0 Å². The van der Waals surface area contributed by atoms with Gasteiger partial charge in [0.1, 0.15) is 5.69 Å². The van der Waals surface area contributed by atoms with Gasteiger partial charge >= 0.3 is 0 Å². The Morgan fingerprint density at radius 1 is 1.00 bits per heavy atom. The second kappa shape index (κ2) is 7.12. The smallest absolute Gasteiger partial charge is 0.199 e. The number of nitrogens with zero attached hydrogens (tertiary/aromatic N) is 3. The molecule has 6 heteroatoms. The van der Waals surface area contributed by atoms with Crippen LogP contribution in [0.25, 0.3) is 16.8 Å². The molecule has 0 aliphatic heterocycles. The molecule has 1 heterocycles. The highest BCUT2D eigenvalue weighted by molar-refractivity contribution is 7.89. The van der Waals surface area contributed by atoms with Gasteiger partial charge in [0.2, 0.25) is 0 Å². The molecule has 29 heavy (non-hydrogen) atoms. The molecule has 0 unspecified atom stereocenters. The summed E-state index contributed by atoms with van der Waals surface area (Å²) in [4.78, 5) is 0.190. The van der Waals surface area contributed by atoms with E-state index in [9.17, 15) is 8.42 Å². The van der Waals surface area contributed by atoms with E-state index in [0.29, 0.717) is 5.69 Å². The number of rotatable bonds is 4. The van der Waals surface area contributed by atoms with Gasteiger partial charge in [0.25, 0.3) is 10.0 Å². The predicted molar refractivity (Wildman–Crippen MR) is 115 cm³/mol. The van der Waals surface area contributed by atoms with Crippen molar-refractivity contribution in [1.82, 2.24) is 14.4 Å². The van der Waals surface area contributed by atoms with E-state index < -0.39 is 10.0 Å². The molecule has 148 valence electrons. The summed E-state index contributed by atoms with van der Waals surface area (Å²) < 4.78 is 26.8. The predicted octanol–water partition coefficient (Wildman–Crippen LogP) is 4.86. The van der Waals surface area contributed by atoms with Crippen molar-refractivity contribution in [3.63, 3.8) is 0 Å². The van der Waals surface area contributed by atoms with Crippen molar-refractivity contribution in [2.75, 3.05) is 0 Å². The third-order valence-corrected chi connectivity index (χ3v) is 6.62. The van der Waals surface area contributed by atoms with E-state index in [0.717, 1.165) is 27.2 Å². The summed E-state index contributed by atoms with van der Waals surface area (Å²) in [5, 5.41) is 8.10. The molecule has 0 saturated heterocycles. The largest absolute Gasteiger partial charge is 0.284 e. The molecule has 0 N–H and O–H groups in total. The van der Waals surface area contributed by atoms with Crippen LogP contribution in [-0.4, -0.2) is 22.8 Å². The van der Waals surface area contributed by atoms with Crippen LogP contribution in [0.4, 0.5) is 0 Å². The van der Waals surface area contributed by atoms with Gasteiger partial charge in [-0.1, -0.05) is 79.3 Å². The zero-order valence-electron chi connectivity index (χ0n) is 16.7. The van der Waals surface area contributed by atoms with Gasteiger partial charge in [-0.3, -0.25) is 0 Å². The normalized spacial score (nSPS) is 15.9. The fourth-order valence-electron chi connectivity index (χ4n) is 3.51. The molecule has 0 saturated carbocycles. The van der Waals surface area contributed by atoms with E-state index in [1.54, 1.807) is 24.3 Å². The first-order chi connectivity index (χ1) is 13.8. The molecule has 2 aromatic carbocycles. The Morgan fingerprint density at radius 2 is 1.69 bits per heavy atom. The summed E-state index contributed by atoms with van der Waals surface area (Å²) in [6, 6.07) is 14.6. The van der Waals surface area contributed by atoms with Crippen molar-refractivity contribution < 1.29 is 8.42 Å². The van der Waals surface area contributed by atoms with Gasteiger partial charge in [-0.25, -0.2) is 0 Å². The molecular weight excluding hydrogens is 382 g/mol. The molecule has 1 aliphatic carbocycles. The number of benzene rings is 2. The minimum Gasteiger partial charge on any atom is -0.199 e. The molecule has 0 bridgehead atoms. The lowest BCUT2D eigenvalue weighted by molar-refractivity contribution is 0.492. The zero-order chi connectivity index (χ0) is 20.6. The van der Waals surface area contributed by atoms with Crippen molar-refractivity contribution >= 4 is 15.6 Å². The molecule has 0 radical (unpaired) electrons. The second-order valence-electron chi connectivity index (χ2n) is 8.06. The molecule has 4 rings (SSSR count).